The molecule has 7 nitrogen and oxygen atoms in total. The number of pyridine rings is 1. The first kappa shape index (κ1) is 16.2. The van der Waals surface area contributed by atoms with Gasteiger partial charge in [-0.05, 0) is 25.0 Å². The maximum Gasteiger partial charge on any atom is 0.224 e. The predicted octanol–water partition coefficient (Wildman–Crippen LogP) is 2.10. The molecule has 25 heavy (non-hydrogen) atoms. The average Bonchev–Trinajstić information content (AvgIpc) is 2.99. The van der Waals surface area contributed by atoms with Gasteiger partial charge in [0.15, 0.2) is 6.23 Å². The fourth-order valence-electron chi connectivity index (χ4n) is 3.09. The molecule has 0 spiro atoms. The molecule has 1 fully saturated rings. The Balaban J connectivity index is 1.56. The molecule has 1 saturated carbocycles. The van der Waals surface area contributed by atoms with Crippen molar-refractivity contribution in [3.63, 3.8) is 0 Å². The Hall–Kier alpha value is -2.23. The van der Waals surface area contributed by atoms with Crippen molar-refractivity contribution in [2.24, 2.45) is 5.73 Å². The number of hydrogen-bond donors (Lipinski definition) is 3. The highest BCUT2D eigenvalue weighted by Gasteiger charge is 2.41. The molecule has 4 N–H and O–H groups in total. The Morgan fingerprint density at radius 2 is 2.20 bits per heavy atom. The van der Waals surface area contributed by atoms with Crippen LogP contribution in [0, 0.1) is 5.82 Å². The standard InChI is InChI=1S/C16H17FN6OS/c17-9-3-1-6-19-11(9)16(4-2-5-16)8-21-15-20-7-10-13(23-15)25-14(22-10)12(18)24/h1,3,6-7,12,24H,2,4-5,8,18H2,(H,20,21,23). The van der Waals surface area contributed by atoms with Crippen LogP contribution >= 0.6 is 11.3 Å². The summed E-state index contributed by atoms with van der Waals surface area (Å²) >= 11 is 1.22. The first-order valence-electron chi connectivity index (χ1n) is 7.99. The van der Waals surface area contributed by atoms with Crippen LogP contribution in [0.5, 0.6) is 0 Å². The van der Waals surface area contributed by atoms with Crippen molar-refractivity contribution in [2.45, 2.75) is 30.9 Å². The van der Waals surface area contributed by atoms with Crippen LogP contribution in [0.25, 0.3) is 10.3 Å². The molecule has 0 saturated heterocycles. The Morgan fingerprint density at radius 3 is 2.88 bits per heavy atom. The second-order valence-corrected chi connectivity index (χ2v) is 7.21. The van der Waals surface area contributed by atoms with Gasteiger partial charge >= 0.3 is 0 Å². The lowest BCUT2D eigenvalue weighted by molar-refractivity contribution is 0.186. The van der Waals surface area contributed by atoms with E-state index in [1.54, 1.807) is 18.5 Å². The van der Waals surface area contributed by atoms with Crippen molar-refractivity contribution >= 4 is 27.6 Å². The third kappa shape index (κ3) is 2.94. The zero-order valence-electron chi connectivity index (χ0n) is 13.3. The van der Waals surface area contributed by atoms with Crippen LogP contribution < -0.4 is 11.1 Å². The molecule has 1 atom stereocenters. The molecule has 0 bridgehead atoms. The number of thiazole rings is 1. The second kappa shape index (κ2) is 6.25. The minimum absolute atomic E-state index is 0.274. The number of aliphatic hydroxyl groups is 1. The zero-order chi connectivity index (χ0) is 17.4. The highest BCUT2D eigenvalue weighted by molar-refractivity contribution is 7.18. The summed E-state index contributed by atoms with van der Waals surface area (Å²) < 4.78 is 14.2. The van der Waals surface area contributed by atoms with Gasteiger partial charge in [0.1, 0.15) is 21.2 Å². The normalized spacial score (nSPS) is 17.2. The highest BCUT2D eigenvalue weighted by atomic mass is 32.1. The summed E-state index contributed by atoms with van der Waals surface area (Å²) in [6.07, 6.45) is 4.88. The van der Waals surface area contributed by atoms with Crippen molar-refractivity contribution in [3.05, 3.63) is 41.0 Å². The number of anilines is 1. The Labute approximate surface area is 147 Å². The minimum atomic E-state index is -1.12. The molecule has 4 rings (SSSR count). The summed E-state index contributed by atoms with van der Waals surface area (Å²) in [5, 5.41) is 13.0. The summed E-state index contributed by atoms with van der Waals surface area (Å²) in [6, 6.07) is 3.05. The van der Waals surface area contributed by atoms with Gasteiger partial charge in [-0.2, -0.15) is 0 Å². The fourth-order valence-corrected chi connectivity index (χ4v) is 3.89. The monoisotopic (exact) mass is 360 g/mol. The molecule has 0 aliphatic heterocycles. The predicted molar refractivity (Wildman–Crippen MR) is 92.6 cm³/mol. The number of nitrogens with zero attached hydrogens (tertiary/aromatic N) is 4. The SMILES string of the molecule is NC(O)c1nc2cnc(NCC3(c4ncccc4F)CCC3)nc2s1. The van der Waals surface area contributed by atoms with E-state index in [0.717, 1.165) is 19.3 Å². The number of aromatic nitrogens is 4. The van der Waals surface area contributed by atoms with Gasteiger partial charge in [0.2, 0.25) is 5.95 Å². The zero-order valence-corrected chi connectivity index (χ0v) is 14.1. The molecule has 1 aliphatic carbocycles. The lowest BCUT2D eigenvalue weighted by atomic mass is 9.66. The van der Waals surface area contributed by atoms with E-state index in [1.807, 2.05) is 0 Å². The van der Waals surface area contributed by atoms with Gasteiger partial charge in [0.25, 0.3) is 0 Å². The number of nitrogens with two attached hydrogens (primary N) is 1. The molecular formula is C16H17FN6OS. The van der Waals surface area contributed by atoms with E-state index in [0.29, 0.717) is 33.5 Å². The summed E-state index contributed by atoms with van der Waals surface area (Å²) in [4.78, 5) is 17.7. The van der Waals surface area contributed by atoms with Gasteiger partial charge in [0, 0.05) is 18.2 Å². The van der Waals surface area contributed by atoms with Gasteiger partial charge < -0.3 is 16.2 Å². The van der Waals surface area contributed by atoms with Gasteiger partial charge in [0.05, 0.1) is 11.9 Å². The number of fused-ring (bicyclic) bond motifs is 1. The Bertz CT molecular complexity index is 911. The topological polar surface area (TPSA) is 110 Å². The van der Waals surface area contributed by atoms with E-state index in [9.17, 15) is 9.50 Å². The molecule has 3 aromatic heterocycles. The van der Waals surface area contributed by atoms with Crippen LogP contribution in [0.3, 0.4) is 0 Å². The van der Waals surface area contributed by atoms with Gasteiger partial charge in [-0.1, -0.05) is 17.8 Å². The lowest BCUT2D eigenvalue weighted by Gasteiger charge is -2.41. The molecule has 9 heteroatoms. The van der Waals surface area contributed by atoms with E-state index in [1.165, 1.54) is 17.4 Å². The fraction of sp³-hybridized carbons (Fsp3) is 0.375. The Kier molecular flexibility index (Phi) is 4.06. The Morgan fingerprint density at radius 1 is 1.36 bits per heavy atom. The number of halogens is 1. The summed E-state index contributed by atoms with van der Waals surface area (Å²) in [6.45, 7) is 0.512. The van der Waals surface area contributed by atoms with Crippen LogP contribution in [0.1, 0.15) is 36.2 Å². The summed E-state index contributed by atoms with van der Waals surface area (Å²) in [5.41, 5.74) is 6.20. The van der Waals surface area contributed by atoms with E-state index in [2.05, 4.69) is 25.3 Å². The molecule has 1 aliphatic rings. The maximum atomic E-state index is 14.2. The van der Waals surface area contributed by atoms with E-state index in [4.69, 9.17) is 5.73 Å². The van der Waals surface area contributed by atoms with Gasteiger partial charge in [-0.25, -0.2) is 19.3 Å². The molecular weight excluding hydrogens is 343 g/mol. The number of hydrogen-bond acceptors (Lipinski definition) is 8. The molecule has 0 radical (unpaired) electrons. The van der Waals surface area contributed by atoms with Crippen LogP contribution in [0.15, 0.2) is 24.5 Å². The van der Waals surface area contributed by atoms with Gasteiger partial charge in [-0.3, -0.25) is 4.98 Å². The quantitative estimate of drug-likeness (QED) is 0.598. The first-order valence-corrected chi connectivity index (χ1v) is 8.81. The minimum Gasteiger partial charge on any atom is -0.372 e. The molecule has 0 aromatic carbocycles. The number of aliphatic hydroxyl groups excluding tert-OH is 1. The van der Waals surface area contributed by atoms with Gasteiger partial charge in [-0.15, -0.1) is 0 Å². The number of nitrogens with one attached hydrogen (secondary N) is 1. The third-order valence-electron chi connectivity index (χ3n) is 4.58. The second-order valence-electron chi connectivity index (χ2n) is 6.20. The molecule has 130 valence electrons. The van der Waals surface area contributed by atoms with E-state index >= 15 is 0 Å². The van der Waals surface area contributed by atoms with E-state index in [-0.39, 0.29) is 11.2 Å². The van der Waals surface area contributed by atoms with Crippen LogP contribution in [0.4, 0.5) is 10.3 Å². The van der Waals surface area contributed by atoms with Crippen molar-refractivity contribution in [2.75, 3.05) is 11.9 Å². The largest absolute Gasteiger partial charge is 0.372 e. The third-order valence-corrected chi connectivity index (χ3v) is 5.61. The molecule has 3 heterocycles. The van der Waals surface area contributed by atoms with Crippen molar-refractivity contribution in [1.29, 1.82) is 0 Å². The summed E-state index contributed by atoms with van der Waals surface area (Å²) in [5.74, 6) is 0.168. The number of rotatable bonds is 5. The lowest BCUT2D eigenvalue weighted by Crippen LogP contribution is -2.42. The average molecular weight is 360 g/mol. The smallest absolute Gasteiger partial charge is 0.224 e. The summed E-state index contributed by atoms with van der Waals surface area (Å²) in [7, 11) is 0. The van der Waals surface area contributed by atoms with Crippen LogP contribution in [0.2, 0.25) is 0 Å². The van der Waals surface area contributed by atoms with Crippen molar-refractivity contribution < 1.29 is 9.50 Å². The van der Waals surface area contributed by atoms with E-state index < -0.39 is 6.23 Å². The van der Waals surface area contributed by atoms with Crippen LogP contribution in [-0.2, 0) is 5.41 Å². The highest BCUT2D eigenvalue weighted by Crippen LogP contribution is 2.43. The first-order chi connectivity index (χ1) is 12.1. The molecule has 0 amide bonds. The van der Waals surface area contributed by atoms with Crippen molar-refractivity contribution in [1.82, 2.24) is 19.9 Å². The van der Waals surface area contributed by atoms with Crippen molar-refractivity contribution in [3.8, 4) is 0 Å². The molecule has 3 aromatic rings. The van der Waals surface area contributed by atoms with Crippen LogP contribution in [-0.4, -0.2) is 31.6 Å². The molecule has 1 unspecified atom stereocenters. The maximum absolute atomic E-state index is 14.2.